The number of unbranched alkanes of at least 4 members (excludes halogenated alkanes) is 1. The van der Waals surface area contributed by atoms with Gasteiger partial charge in [-0.25, -0.2) is 0 Å². The Hall–Kier alpha value is -1.07. The molecule has 0 spiro atoms. The predicted molar refractivity (Wildman–Crippen MR) is 104 cm³/mol. The minimum atomic E-state index is 0.287. The molecule has 1 aliphatic rings. The van der Waals surface area contributed by atoms with E-state index in [-0.39, 0.29) is 6.04 Å². The third-order valence-corrected chi connectivity index (χ3v) is 5.62. The molecule has 0 radical (unpaired) electrons. The van der Waals surface area contributed by atoms with Crippen LogP contribution >= 0.6 is 11.3 Å². The molecular formula is C19H33N3OS. The zero-order valence-corrected chi connectivity index (χ0v) is 16.0. The van der Waals surface area contributed by atoms with Crippen LogP contribution in [0.15, 0.2) is 22.5 Å². The maximum atomic E-state index is 6.04. The van der Waals surface area contributed by atoms with Crippen molar-refractivity contribution in [1.29, 1.82) is 0 Å². The Morgan fingerprint density at radius 3 is 2.75 bits per heavy atom. The Bertz CT molecular complexity index is 453. The molecule has 0 amide bonds. The summed E-state index contributed by atoms with van der Waals surface area (Å²) < 4.78 is 6.04. The number of aliphatic imine (C=N–C) groups is 1. The molecule has 0 aromatic carbocycles. The van der Waals surface area contributed by atoms with Gasteiger partial charge < -0.3 is 15.4 Å². The summed E-state index contributed by atoms with van der Waals surface area (Å²) in [6.07, 6.45) is 10.7. The third-order valence-electron chi connectivity index (χ3n) is 4.57. The van der Waals surface area contributed by atoms with E-state index in [4.69, 9.17) is 4.74 Å². The maximum absolute atomic E-state index is 6.04. The van der Waals surface area contributed by atoms with Gasteiger partial charge in [-0.3, -0.25) is 4.99 Å². The highest BCUT2D eigenvalue weighted by Crippen LogP contribution is 2.20. The fourth-order valence-corrected chi connectivity index (χ4v) is 3.84. The van der Waals surface area contributed by atoms with Gasteiger partial charge in [-0.2, -0.15) is 0 Å². The van der Waals surface area contributed by atoms with Crippen molar-refractivity contribution in [3.63, 3.8) is 0 Å². The van der Waals surface area contributed by atoms with Crippen LogP contribution in [0.1, 0.15) is 69.2 Å². The number of rotatable bonds is 8. The Labute approximate surface area is 151 Å². The molecule has 0 bridgehead atoms. The fourth-order valence-electron chi connectivity index (χ4n) is 3.10. The Morgan fingerprint density at radius 1 is 1.29 bits per heavy atom. The maximum Gasteiger partial charge on any atom is 0.191 e. The second kappa shape index (κ2) is 11.5. The van der Waals surface area contributed by atoms with Crippen molar-refractivity contribution in [1.82, 2.24) is 10.6 Å². The predicted octanol–water partition coefficient (Wildman–Crippen LogP) is 4.49. The normalized spacial score (nSPS) is 18.2. The van der Waals surface area contributed by atoms with E-state index < -0.39 is 0 Å². The van der Waals surface area contributed by atoms with Crippen LogP contribution in [0.3, 0.4) is 0 Å². The lowest BCUT2D eigenvalue weighted by molar-refractivity contribution is 0.0411. The lowest BCUT2D eigenvalue weighted by Gasteiger charge is -2.17. The molecular weight excluding hydrogens is 318 g/mol. The zero-order valence-electron chi connectivity index (χ0n) is 15.2. The highest BCUT2D eigenvalue weighted by atomic mass is 32.1. The minimum Gasteiger partial charge on any atom is -0.378 e. The molecule has 2 N–H and O–H groups in total. The first-order valence-corrected chi connectivity index (χ1v) is 10.3. The molecule has 1 heterocycles. The van der Waals surface area contributed by atoms with Crippen LogP contribution in [0.5, 0.6) is 0 Å². The first-order valence-electron chi connectivity index (χ1n) is 9.42. The monoisotopic (exact) mass is 351 g/mol. The molecule has 0 aliphatic heterocycles. The van der Waals surface area contributed by atoms with Crippen LogP contribution in [-0.2, 0) is 4.74 Å². The lowest BCUT2D eigenvalue weighted by Crippen LogP contribution is -2.39. The van der Waals surface area contributed by atoms with E-state index in [0.29, 0.717) is 6.10 Å². The molecule has 1 atom stereocenters. The summed E-state index contributed by atoms with van der Waals surface area (Å²) in [6.45, 7) is 3.99. The van der Waals surface area contributed by atoms with Crippen LogP contribution in [-0.4, -0.2) is 32.3 Å². The van der Waals surface area contributed by atoms with Gasteiger partial charge in [0.15, 0.2) is 5.96 Å². The van der Waals surface area contributed by atoms with Crippen LogP contribution in [0, 0.1) is 0 Å². The molecule has 1 aromatic heterocycles. The van der Waals surface area contributed by atoms with Gasteiger partial charge in [-0.05, 0) is 44.1 Å². The van der Waals surface area contributed by atoms with Crippen molar-refractivity contribution in [2.45, 2.75) is 70.4 Å². The number of ether oxygens (including phenoxy) is 1. The molecule has 1 aromatic rings. The first-order chi connectivity index (χ1) is 11.8. The molecule has 0 saturated heterocycles. The van der Waals surface area contributed by atoms with Gasteiger partial charge in [-0.1, -0.05) is 31.7 Å². The van der Waals surface area contributed by atoms with Crippen molar-refractivity contribution in [2.75, 3.05) is 20.2 Å². The Balaban J connectivity index is 1.53. The number of thiophene rings is 1. The van der Waals surface area contributed by atoms with Crippen molar-refractivity contribution in [3.8, 4) is 0 Å². The first kappa shape index (κ1) is 19.3. The zero-order chi connectivity index (χ0) is 17.0. The molecule has 2 rings (SSSR count). The van der Waals surface area contributed by atoms with Gasteiger partial charge in [0.25, 0.3) is 0 Å². The van der Waals surface area contributed by atoms with Crippen LogP contribution in [0.2, 0.25) is 0 Å². The van der Waals surface area contributed by atoms with Crippen molar-refractivity contribution in [2.24, 2.45) is 4.99 Å². The van der Waals surface area contributed by atoms with Gasteiger partial charge in [0, 0.05) is 25.1 Å². The minimum absolute atomic E-state index is 0.287. The van der Waals surface area contributed by atoms with Gasteiger partial charge in [-0.15, -0.1) is 11.3 Å². The highest BCUT2D eigenvalue weighted by Gasteiger charge is 2.12. The van der Waals surface area contributed by atoms with E-state index >= 15 is 0 Å². The van der Waals surface area contributed by atoms with Crippen molar-refractivity contribution in [3.05, 3.63) is 22.4 Å². The summed E-state index contributed by atoms with van der Waals surface area (Å²) in [4.78, 5) is 5.64. The smallest absolute Gasteiger partial charge is 0.191 e. The average Bonchev–Trinajstić information content (AvgIpc) is 3.01. The summed E-state index contributed by atoms with van der Waals surface area (Å²) in [6, 6.07) is 4.53. The molecule has 1 unspecified atom stereocenters. The molecule has 1 saturated carbocycles. The third kappa shape index (κ3) is 7.22. The quantitative estimate of drug-likeness (QED) is 0.314. The van der Waals surface area contributed by atoms with E-state index in [1.807, 2.05) is 7.05 Å². The second-order valence-electron chi connectivity index (χ2n) is 6.57. The van der Waals surface area contributed by atoms with Gasteiger partial charge in [0.2, 0.25) is 0 Å². The summed E-state index contributed by atoms with van der Waals surface area (Å²) in [5, 5.41) is 8.94. The standard InChI is InChI=1S/C19H33N3OS/c1-16(18-12-9-15-24-18)22-19(20-2)21-13-7-8-14-23-17-10-5-3-4-6-11-17/h9,12,15-17H,3-8,10-11,13-14H2,1-2H3,(H2,20,21,22). The molecule has 1 aliphatic carbocycles. The number of hydrogen-bond acceptors (Lipinski definition) is 3. The summed E-state index contributed by atoms with van der Waals surface area (Å²) in [5.74, 6) is 0.876. The van der Waals surface area contributed by atoms with Crippen LogP contribution in [0.25, 0.3) is 0 Å². The topological polar surface area (TPSA) is 45.7 Å². The van der Waals surface area contributed by atoms with Gasteiger partial charge in [0.1, 0.15) is 0 Å². The van der Waals surface area contributed by atoms with E-state index in [0.717, 1.165) is 32.0 Å². The van der Waals surface area contributed by atoms with Crippen molar-refractivity contribution < 1.29 is 4.74 Å². The average molecular weight is 352 g/mol. The summed E-state index contributed by atoms with van der Waals surface area (Å²) in [7, 11) is 1.83. The molecule has 5 heteroatoms. The molecule has 136 valence electrons. The largest absolute Gasteiger partial charge is 0.378 e. The van der Waals surface area contributed by atoms with E-state index in [2.05, 4.69) is 40.1 Å². The fraction of sp³-hybridized carbons (Fsp3) is 0.737. The van der Waals surface area contributed by atoms with Gasteiger partial charge in [0.05, 0.1) is 12.1 Å². The van der Waals surface area contributed by atoms with Crippen LogP contribution in [0.4, 0.5) is 0 Å². The Morgan fingerprint density at radius 2 is 2.08 bits per heavy atom. The van der Waals surface area contributed by atoms with E-state index in [9.17, 15) is 0 Å². The van der Waals surface area contributed by atoms with Crippen LogP contribution < -0.4 is 10.6 Å². The second-order valence-corrected chi connectivity index (χ2v) is 7.55. The number of nitrogens with one attached hydrogen (secondary N) is 2. The number of hydrogen-bond donors (Lipinski definition) is 2. The Kier molecular flexibility index (Phi) is 9.21. The summed E-state index contributed by atoms with van der Waals surface area (Å²) >= 11 is 1.77. The number of guanidine groups is 1. The van der Waals surface area contributed by atoms with Crippen molar-refractivity contribution >= 4 is 17.3 Å². The van der Waals surface area contributed by atoms with E-state index in [1.54, 1.807) is 11.3 Å². The molecule has 1 fully saturated rings. The summed E-state index contributed by atoms with van der Waals surface area (Å²) in [5.41, 5.74) is 0. The molecule has 4 nitrogen and oxygen atoms in total. The van der Waals surface area contributed by atoms with E-state index in [1.165, 1.54) is 43.4 Å². The SMILES string of the molecule is CN=C(NCCCCOC1CCCCCC1)NC(C)c1cccs1. The number of nitrogens with zero attached hydrogens (tertiary/aromatic N) is 1. The molecule has 24 heavy (non-hydrogen) atoms. The van der Waals surface area contributed by atoms with Gasteiger partial charge >= 0.3 is 0 Å². The highest BCUT2D eigenvalue weighted by molar-refractivity contribution is 7.10. The lowest BCUT2D eigenvalue weighted by atomic mass is 10.1.